The van der Waals surface area contributed by atoms with Crippen LogP contribution in [0.3, 0.4) is 0 Å². The Morgan fingerprint density at radius 3 is 2.69 bits per heavy atom. The molecule has 1 unspecified atom stereocenters. The lowest BCUT2D eigenvalue weighted by Gasteiger charge is -2.31. The molecular weight excluding hydrogens is 530 g/mol. The Balaban J connectivity index is 1.47. The van der Waals surface area contributed by atoms with Crippen LogP contribution in [0.5, 0.6) is 0 Å². The van der Waals surface area contributed by atoms with E-state index in [2.05, 4.69) is 15.9 Å². The number of amides is 1. The molecule has 190 valence electrons. The number of ether oxygens (including phenoxy) is 1. The van der Waals surface area contributed by atoms with Crippen LogP contribution in [-0.4, -0.2) is 51.8 Å². The van der Waals surface area contributed by atoms with Crippen molar-refractivity contribution >= 4 is 39.6 Å². The number of benzene rings is 1. The molecular formula is C26H34BrN3O4S. The zero-order chi connectivity index (χ0) is 25.4. The normalized spacial score (nSPS) is 15.8. The van der Waals surface area contributed by atoms with Gasteiger partial charge in [-0.05, 0) is 57.2 Å². The highest BCUT2D eigenvalue weighted by Crippen LogP contribution is 2.21. The summed E-state index contributed by atoms with van der Waals surface area (Å²) in [7, 11) is 1.77. The van der Waals surface area contributed by atoms with Gasteiger partial charge >= 0.3 is 5.97 Å². The Morgan fingerprint density at radius 2 is 1.97 bits per heavy atom. The summed E-state index contributed by atoms with van der Waals surface area (Å²) in [5.41, 5.74) is 2.53. The van der Waals surface area contributed by atoms with E-state index >= 15 is 0 Å². The largest absolute Gasteiger partial charge is 0.466 e. The smallest absolute Gasteiger partial charge is 0.310 e. The molecule has 0 aliphatic carbocycles. The van der Waals surface area contributed by atoms with E-state index in [1.807, 2.05) is 31.2 Å². The van der Waals surface area contributed by atoms with E-state index < -0.39 is 0 Å². The summed E-state index contributed by atoms with van der Waals surface area (Å²) in [5, 5.41) is 0.701. The molecule has 1 fully saturated rings. The number of hydrogen-bond donors (Lipinski definition) is 0. The molecule has 35 heavy (non-hydrogen) atoms. The summed E-state index contributed by atoms with van der Waals surface area (Å²) in [5.74, 6) is 0.482. The molecule has 1 aliphatic rings. The van der Waals surface area contributed by atoms with Crippen molar-refractivity contribution in [2.45, 2.75) is 57.5 Å². The van der Waals surface area contributed by atoms with Gasteiger partial charge in [-0.1, -0.05) is 39.8 Å². The van der Waals surface area contributed by atoms with E-state index in [4.69, 9.17) is 9.72 Å². The summed E-state index contributed by atoms with van der Waals surface area (Å²) >= 11 is 4.99. The number of hydrogen-bond acceptors (Lipinski definition) is 6. The molecule has 1 saturated heterocycles. The van der Waals surface area contributed by atoms with Gasteiger partial charge in [-0.2, -0.15) is 0 Å². The molecule has 1 aromatic heterocycles. The van der Waals surface area contributed by atoms with Gasteiger partial charge in [0.25, 0.3) is 5.56 Å². The van der Waals surface area contributed by atoms with Crippen molar-refractivity contribution in [2.24, 2.45) is 13.0 Å². The maximum Gasteiger partial charge on any atom is 0.310 e. The lowest BCUT2D eigenvalue weighted by Crippen LogP contribution is -2.42. The lowest BCUT2D eigenvalue weighted by molar-refractivity contribution is -0.151. The molecule has 1 atom stereocenters. The molecule has 7 nitrogen and oxygen atoms in total. The first-order valence-corrected chi connectivity index (χ1v) is 14.0. The van der Waals surface area contributed by atoms with Crippen LogP contribution in [0, 0.1) is 12.8 Å². The number of carbonyl (C=O) groups excluding carboxylic acids is 2. The predicted molar refractivity (Wildman–Crippen MR) is 142 cm³/mol. The Hall–Kier alpha value is -2.13. The maximum atomic E-state index is 13.0. The standard InChI is InChI=1S/C26H34BrN3O4S/c1-4-34-25(33)20-8-7-14-30(17-20)23(31)9-5-6-15-35-26-28-18(2)22(24(32)29(26)3)16-19-10-12-21(27)13-11-19/h10-13,20H,4-9,14-17H2,1-3H3. The van der Waals surface area contributed by atoms with Crippen LogP contribution in [-0.2, 0) is 27.8 Å². The van der Waals surface area contributed by atoms with E-state index in [0.717, 1.165) is 47.2 Å². The Labute approximate surface area is 219 Å². The SMILES string of the molecule is CCOC(=O)C1CCCN(C(=O)CCCCSc2nc(C)c(Cc3ccc(Br)cc3)c(=O)n2C)C1. The quantitative estimate of drug-likeness (QED) is 0.183. The van der Waals surface area contributed by atoms with E-state index in [1.165, 1.54) is 0 Å². The molecule has 3 rings (SSSR count). The van der Waals surface area contributed by atoms with Crippen molar-refractivity contribution < 1.29 is 14.3 Å². The number of piperidine rings is 1. The predicted octanol–water partition coefficient (Wildman–Crippen LogP) is 4.51. The maximum absolute atomic E-state index is 13.0. The molecule has 0 N–H and O–H groups in total. The van der Waals surface area contributed by atoms with Crippen LogP contribution in [0.4, 0.5) is 0 Å². The fraction of sp³-hybridized carbons (Fsp3) is 0.538. The van der Waals surface area contributed by atoms with Gasteiger partial charge in [-0.3, -0.25) is 19.0 Å². The average molecular weight is 565 g/mol. The lowest BCUT2D eigenvalue weighted by atomic mass is 9.98. The first-order chi connectivity index (χ1) is 16.8. The fourth-order valence-electron chi connectivity index (χ4n) is 4.23. The number of nitrogens with zero attached hydrogens (tertiary/aromatic N) is 3. The number of aryl methyl sites for hydroxylation is 1. The van der Waals surface area contributed by atoms with Crippen LogP contribution in [0.15, 0.2) is 38.7 Å². The third-order valence-electron chi connectivity index (χ3n) is 6.25. The van der Waals surface area contributed by atoms with Crippen LogP contribution in [0.25, 0.3) is 0 Å². The van der Waals surface area contributed by atoms with Gasteiger partial charge in [0.1, 0.15) is 0 Å². The van der Waals surface area contributed by atoms with E-state index in [1.54, 1.807) is 35.2 Å². The highest BCUT2D eigenvalue weighted by atomic mass is 79.9. The van der Waals surface area contributed by atoms with Gasteiger partial charge in [0, 0.05) is 54.5 Å². The van der Waals surface area contributed by atoms with Crippen LogP contribution in [0.2, 0.25) is 0 Å². The fourth-order valence-corrected chi connectivity index (χ4v) is 5.50. The van der Waals surface area contributed by atoms with E-state index in [0.29, 0.717) is 43.3 Å². The summed E-state index contributed by atoms with van der Waals surface area (Å²) < 4.78 is 7.75. The number of aromatic nitrogens is 2. The topological polar surface area (TPSA) is 81.5 Å². The molecule has 0 spiro atoms. The number of unbranched alkanes of at least 4 members (excludes halogenated alkanes) is 1. The minimum atomic E-state index is -0.203. The number of halogens is 1. The average Bonchev–Trinajstić information content (AvgIpc) is 2.85. The van der Waals surface area contributed by atoms with Crippen molar-refractivity contribution in [2.75, 3.05) is 25.4 Å². The number of thioether (sulfide) groups is 1. The Bertz CT molecular complexity index is 1090. The first-order valence-electron chi connectivity index (χ1n) is 12.2. The molecule has 2 aromatic rings. The van der Waals surface area contributed by atoms with Crippen molar-refractivity contribution in [3.63, 3.8) is 0 Å². The molecule has 2 heterocycles. The third-order valence-corrected chi connectivity index (χ3v) is 7.90. The number of carbonyl (C=O) groups is 2. The number of rotatable bonds is 10. The molecule has 9 heteroatoms. The van der Waals surface area contributed by atoms with Crippen molar-refractivity contribution in [1.29, 1.82) is 0 Å². The highest BCUT2D eigenvalue weighted by Gasteiger charge is 2.29. The second kappa shape index (κ2) is 13.3. The first kappa shape index (κ1) is 27.5. The molecule has 0 radical (unpaired) electrons. The van der Waals surface area contributed by atoms with Crippen LogP contribution < -0.4 is 5.56 Å². The molecule has 1 amide bonds. The van der Waals surface area contributed by atoms with Gasteiger partial charge < -0.3 is 9.64 Å². The Kier molecular flexibility index (Phi) is 10.4. The van der Waals surface area contributed by atoms with Crippen molar-refractivity contribution in [3.8, 4) is 0 Å². The van der Waals surface area contributed by atoms with Crippen molar-refractivity contribution in [3.05, 3.63) is 55.9 Å². The zero-order valence-corrected chi connectivity index (χ0v) is 23.1. The zero-order valence-electron chi connectivity index (χ0n) is 20.7. The Morgan fingerprint density at radius 1 is 1.23 bits per heavy atom. The van der Waals surface area contributed by atoms with Crippen molar-refractivity contribution in [1.82, 2.24) is 14.5 Å². The third kappa shape index (κ3) is 7.67. The molecule has 0 bridgehead atoms. The second-order valence-electron chi connectivity index (χ2n) is 8.86. The molecule has 1 aliphatic heterocycles. The minimum absolute atomic E-state index is 0.0145. The van der Waals surface area contributed by atoms with Gasteiger partial charge in [0.2, 0.25) is 5.91 Å². The summed E-state index contributed by atoms with van der Waals surface area (Å²) in [4.78, 5) is 44.1. The number of esters is 1. The highest BCUT2D eigenvalue weighted by molar-refractivity contribution is 9.10. The second-order valence-corrected chi connectivity index (χ2v) is 10.8. The van der Waals surface area contributed by atoms with Gasteiger partial charge in [-0.15, -0.1) is 0 Å². The molecule has 0 saturated carbocycles. The summed E-state index contributed by atoms with van der Waals surface area (Å²) in [6.07, 6.45) is 4.25. The van der Waals surface area contributed by atoms with Gasteiger partial charge in [0.15, 0.2) is 5.16 Å². The monoisotopic (exact) mass is 563 g/mol. The van der Waals surface area contributed by atoms with E-state index in [-0.39, 0.29) is 23.4 Å². The van der Waals surface area contributed by atoms with Crippen LogP contribution >= 0.6 is 27.7 Å². The van der Waals surface area contributed by atoms with Crippen LogP contribution in [0.1, 0.15) is 55.8 Å². The molecule has 1 aromatic carbocycles. The van der Waals surface area contributed by atoms with Gasteiger partial charge in [0.05, 0.1) is 12.5 Å². The summed E-state index contributed by atoms with van der Waals surface area (Å²) in [6.45, 7) is 5.23. The van der Waals surface area contributed by atoms with Gasteiger partial charge in [-0.25, -0.2) is 4.98 Å². The summed E-state index contributed by atoms with van der Waals surface area (Å²) in [6, 6.07) is 7.96. The van der Waals surface area contributed by atoms with E-state index in [9.17, 15) is 14.4 Å². The number of likely N-dealkylation sites (tertiary alicyclic amines) is 1. The minimum Gasteiger partial charge on any atom is -0.466 e.